The molecular weight excluding hydrogens is 409 g/mol. The number of azide groups is 1. The molecule has 1 unspecified atom stereocenters. The zero-order chi connectivity index (χ0) is 17.1. The second-order valence-electron chi connectivity index (χ2n) is 5.10. The van der Waals surface area contributed by atoms with Gasteiger partial charge in [-0.05, 0) is 36.1 Å². The first kappa shape index (κ1) is 19.2. The van der Waals surface area contributed by atoms with Gasteiger partial charge in [0.05, 0.1) is 6.54 Å². The minimum atomic E-state index is -0.261. The van der Waals surface area contributed by atoms with Crippen LogP contribution in [0.15, 0.2) is 29.4 Å². The number of nitrogens with zero attached hydrogens (tertiary/aromatic N) is 3. The lowest BCUT2D eigenvalue weighted by Gasteiger charge is -2.08. The molecule has 23 heavy (non-hydrogen) atoms. The summed E-state index contributed by atoms with van der Waals surface area (Å²) < 4.78 is 0.917. The molecule has 0 aliphatic carbocycles. The Hall–Kier alpha value is -1.80. The number of hydrogen-bond donors (Lipinski definition) is 2. The van der Waals surface area contributed by atoms with E-state index in [2.05, 4.69) is 43.3 Å². The monoisotopic (exact) mass is 429 g/mol. The Morgan fingerprint density at radius 2 is 2.00 bits per heavy atom. The lowest BCUT2D eigenvalue weighted by Crippen LogP contribution is -2.32. The lowest BCUT2D eigenvalue weighted by atomic mass is 10.1. The smallest absolute Gasteiger partial charge is 0.243 e. The van der Waals surface area contributed by atoms with E-state index < -0.39 is 0 Å². The standard InChI is InChI=1S/C15H20IN5O2/c1-11(20-21-17)3-2-4-14(22)18-10-15(23)19-13-7-5-12(9-16)6-8-13/h5-8,11H,2-4,9-10H2,1H3,(H,18,22)(H,19,23). The molecule has 0 fully saturated rings. The van der Waals surface area contributed by atoms with E-state index in [1.165, 1.54) is 5.56 Å². The molecule has 7 nitrogen and oxygen atoms in total. The SMILES string of the molecule is CC(CCCC(=O)NCC(=O)Nc1ccc(CI)cc1)N=[N+]=[N-]. The van der Waals surface area contributed by atoms with Crippen LogP contribution in [0.5, 0.6) is 0 Å². The van der Waals surface area contributed by atoms with E-state index >= 15 is 0 Å². The highest BCUT2D eigenvalue weighted by Crippen LogP contribution is 2.11. The molecule has 0 saturated heterocycles. The van der Waals surface area contributed by atoms with E-state index in [9.17, 15) is 9.59 Å². The Kier molecular flexibility index (Phi) is 9.08. The van der Waals surface area contributed by atoms with Gasteiger partial charge in [0.15, 0.2) is 0 Å². The first-order valence-electron chi connectivity index (χ1n) is 7.30. The van der Waals surface area contributed by atoms with E-state index in [1.54, 1.807) is 6.92 Å². The molecule has 0 aliphatic rings. The zero-order valence-corrected chi connectivity index (χ0v) is 15.1. The predicted molar refractivity (Wildman–Crippen MR) is 98.3 cm³/mol. The number of benzene rings is 1. The number of carbonyl (C=O) groups excluding carboxylic acids is 2. The molecule has 0 radical (unpaired) electrons. The number of alkyl halides is 1. The summed E-state index contributed by atoms with van der Waals surface area (Å²) in [5.41, 5.74) is 10.2. The van der Waals surface area contributed by atoms with Gasteiger partial charge in [0.25, 0.3) is 0 Å². The van der Waals surface area contributed by atoms with Gasteiger partial charge in [0.2, 0.25) is 11.8 Å². The summed E-state index contributed by atoms with van der Waals surface area (Å²) in [4.78, 5) is 26.1. The minimum Gasteiger partial charge on any atom is -0.347 e. The Balaban J connectivity index is 2.24. The van der Waals surface area contributed by atoms with Crippen LogP contribution in [0.2, 0.25) is 0 Å². The van der Waals surface area contributed by atoms with Crippen LogP contribution in [0.3, 0.4) is 0 Å². The zero-order valence-electron chi connectivity index (χ0n) is 13.0. The number of hydrogen-bond acceptors (Lipinski definition) is 3. The summed E-state index contributed by atoms with van der Waals surface area (Å²) in [5.74, 6) is -0.448. The third kappa shape index (κ3) is 8.41. The molecule has 1 atom stereocenters. The van der Waals surface area contributed by atoms with Crippen molar-refractivity contribution in [1.29, 1.82) is 0 Å². The van der Waals surface area contributed by atoms with Crippen molar-refractivity contribution in [3.05, 3.63) is 40.3 Å². The van der Waals surface area contributed by atoms with Gasteiger partial charge in [-0.15, -0.1) is 0 Å². The second kappa shape index (κ2) is 10.8. The quantitative estimate of drug-likeness (QED) is 0.206. The molecule has 124 valence electrons. The van der Waals surface area contributed by atoms with Gasteiger partial charge in [-0.1, -0.05) is 46.8 Å². The molecule has 2 N–H and O–H groups in total. The lowest BCUT2D eigenvalue weighted by molar-refractivity contribution is -0.124. The highest BCUT2D eigenvalue weighted by Gasteiger charge is 2.07. The molecule has 2 amide bonds. The normalized spacial score (nSPS) is 11.2. The summed E-state index contributed by atoms with van der Waals surface area (Å²) in [7, 11) is 0. The van der Waals surface area contributed by atoms with Gasteiger partial charge >= 0.3 is 0 Å². The first-order chi connectivity index (χ1) is 11.0. The van der Waals surface area contributed by atoms with Crippen LogP contribution in [0.1, 0.15) is 31.7 Å². The van der Waals surface area contributed by atoms with Gasteiger partial charge < -0.3 is 10.6 Å². The van der Waals surface area contributed by atoms with E-state index in [1.807, 2.05) is 24.3 Å². The van der Waals surface area contributed by atoms with Gasteiger partial charge in [-0.3, -0.25) is 9.59 Å². The maximum absolute atomic E-state index is 11.8. The van der Waals surface area contributed by atoms with Crippen molar-refractivity contribution >= 4 is 40.1 Å². The Morgan fingerprint density at radius 3 is 2.61 bits per heavy atom. The van der Waals surface area contributed by atoms with Crippen molar-refractivity contribution in [2.75, 3.05) is 11.9 Å². The first-order valence-corrected chi connectivity index (χ1v) is 8.83. The van der Waals surface area contributed by atoms with Crippen molar-refractivity contribution in [2.45, 2.75) is 36.7 Å². The highest BCUT2D eigenvalue weighted by atomic mass is 127. The molecule has 1 aromatic carbocycles. The average molecular weight is 429 g/mol. The minimum absolute atomic E-state index is 0.0568. The van der Waals surface area contributed by atoms with Crippen LogP contribution in [0.4, 0.5) is 5.69 Å². The molecule has 0 spiro atoms. The van der Waals surface area contributed by atoms with Gasteiger partial charge in [-0.25, -0.2) is 0 Å². The maximum Gasteiger partial charge on any atom is 0.243 e. The fourth-order valence-electron chi connectivity index (χ4n) is 1.85. The van der Waals surface area contributed by atoms with Crippen LogP contribution >= 0.6 is 22.6 Å². The molecular formula is C15H20IN5O2. The third-order valence-corrected chi connectivity index (χ3v) is 3.99. The summed E-state index contributed by atoms with van der Waals surface area (Å²) in [6.45, 7) is 1.74. The third-order valence-electron chi connectivity index (χ3n) is 3.11. The molecule has 8 heteroatoms. The van der Waals surface area contributed by atoms with Crippen LogP contribution in [0.25, 0.3) is 10.4 Å². The summed E-state index contributed by atoms with van der Waals surface area (Å²) >= 11 is 2.27. The highest BCUT2D eigenvalue weighted by molar-refractivity contribution is 14.1. The second-order valence-corrected chi connectivity index (χ2v) is 5.86. The van der Waals surface area contributed by atoms with Crippen molar-refractivity contribution in [1.82, 2.24) is 5.32 Å². The molecule has 0 bridgehead atoms. The topological polar surface area (TPSA) is 107 Å². The fourth-order valence-corrected chi connectivity index (χ4v) is 2.36. The number of anilines is 1. The van der Waals surface area contributed by atoms with Crippen molar-refractivity contribution in [3.8, 4) is 0 Å². The van der Waals surface area contributed by atoms with Crippen molar-refractivity contribution < 1.29 is 9.59 Å². The fraction of sp³-hybridized carbons (Fsp3) is 0.467. The Labute approximate surface area is 149 Å². The van der Waals surface area contributed by atoms with Gasteiger partial charge in [-0.2, -0.15) is 0 Å². The summed E-state index contributed by atoms with van der Waals surface area (Å²) in [6, 6.07) is 7.45. The number of carbonyl (C=O) groups is 2. The molecule has 0 aromatic heterocycles. The molecule has 0 aliphatic heterocycles. The van der Waals surface area contributed by atoms with Gasteiger partial charge in [0.1, 0.15) is 0 Å². The van der Waals surface area contributed by atoms with Crippen LogP contribution in [0, 0.1) is 0 Å². The summed E-state index contributed by atoms with van der Waals surface area (Å²) in [5, 5.41) is 8.84. The summed E-state index contributed by atoms with van der Waals surface area (Å²) in [6.07, 6.45) is 1.57. The maximum atomic E-state index is 11.8. The van der Waals surface area contributed by atoms with Crippen molar-refractivity contribution in [2.24, 2.45) is 5.11 Å². The largest absolute Gasteiger partial charge is 0.347 e. The molecule has 1 rings (SSSR count). The molecule has 0 saturated carbocycles. The van der Waals surface area contributed by atoms with E-state index in [0.717, 1.165) is 4.43 Å². The molecule has 0 heterocycles. The average Bonchev–Trinajstić information content (AvgIpc) is 2.54. The van der Waals surface area contributed by atoms with Crippen LogP contribution in [-0.4, -0.2) is 24.4 Å². The number of halogens is 1. The Bertz CT molecular complexity index is 570. The molecule has 1 aromatic rings. The number of nitrogens with one attached hydrogen (secondary N) is 2. The van der Waals surface area contributed by atoms with E-state index in [0.29, 0.717) is 24.9 Å². The number of amides is 2. The van der Waals surface area contributed by atoms with Gasteiger partial charge in [0, 0.05) is 27.5 Å². The van der Waals surface area contributed by atoms with Crippen molar-refractivity contribution in [3.63, 3.8) is 0 Å². The Morgan fingerprint density at radius 1 is 1.30 bits per heavy atom. The van der Waals surface area contributed by atoms with Crippen LogP contribution < -0.4 is 10.6 Å². The van der Waals surface area contributed by atoms with E-state index in [-0.39, 0.29) is 24.4 Å². The number of rotatable bonds is 9. The van der Waals surface area contributed by atoms with E-state index in [4.69, 9.17) is 5.53 Å². The predicted octanol–water partition coefficient (Wildman–Crippen LogP) is 3.55. The van der Waals surface area contributed by atoms with Crippen LogP contribution in [-0.2, 0) is 14.0 Å².